The highest BCUT2D eigenvalue weighted by atomic mass is 32.1. The number of carboxylic acids is 1. The number of anilines is 1. The van der Waals surface area contributed by atoms with Crippen LogP contribution in [0.15, 0.2) is 84.2 Å². The average molecular weight is 540 g/mol. The van der Waals surface area contributed by atoms with Gasteiger partial charge in [0.1, 0.15) is 11.0 Å². The fourth-order valence-electron chi connectivity index (χ4n) is 5.41. The maximum absolute atomic E-state index is 11.8. The lowest BCUT2D eigenvalue weighted by atomic mass is 9.84. The van der Waals surface area contributed by atoms with Crippen molar-refractivity contribution < 1.29 is 9.90 Å². The van der Waals surface area contributed by atoms with E-state index in [1.807, 2.05) is 35.7 Å². The molecule has 3 aromatic carbocycles. The second-order valence-electron chi connectivity index (χ2n) is 10.6. The fourth-order valence-corrected chi connectivity index (χ4v) is 6.17. The highest BCUT2D eigenvalue weighted by Gasteiger charge is 2.18. The summed E-state index contributed by atoms with van der Waals surface area (Å²) in [5.74, 6) is -0.108. The summed E-state index contributed by atoms with van der Waals surface area (Å²) in [5.41, 5.74) is 6.96. The fraction of sp³-hybridized carbons (Fsp3) is 0.333. The molecule has 1 aromatic heterocycles. The van der Waals surface area contributed by atoms with Crippen LogP contribution in [0.3, 0.4) is 0 Å². The quantitative estimate of drug-likeness (QED) is 0.210. The Morgan fingerprint density at radius 2 is 1.69 bits per heavy atom. The van der Waals surface area contributed by atoms with Crippen LogP contribution in [0.1, 0.15) is 59.7 Å². The number of hydrogen-bond acceptors (Lipinski definition) is 5. The zero-order valence-corrected chi connectivity index (χ0v) is 23.4. The van der Waals surface area contributed by atoms with E-state index in [1.165, 1.54) is 43.2 Å². The van der Waals surface area contributed by atoms with Crippen molar-refractivity contribution in [3.8, 4) is 11.3 Å². The average Bonchev–Trinajstić information content (AvgIpc) is 3.46. The molecule has 0 spiro atoms. The van der Waals surface area contributed by atoms with E-state index < -0.39 is 12.0 Å². The standard InChI is InChI=1S/C33H37N3O2S/c1-36(22-25-12-14-27(15-13-25)26-10-6-3-7-11-26)29-18-16-28(17-19-29)31-23-39-32(35-31)21-34-30(33(37)38)20-24-8-4-2-5-9-24/h2,4-5,8-9,12-19,23,26,30,34H,3,6-7,10-11,20-22H2,1H3,(H,37,38). The molecule has 0 saturated heterocycles. The lowest BCUT2D eigenvalue weighted by Gasteiger charge is -2.23. The lowest BCUT2D eigenvalue weighted by Crippen LogP contribution is -2.38. The summed E-state index contributed by atoms with van der Waals surface area (Å²) >= 11 is 1.55. The van der Waals surface area contributed by atoms with Crippen LogP contribution in [-0.2, 0) is 24.3 Å². The van der Waals surface area contributed by atoms with Crippen LogP contribution < -0.4 is 10.2 Å². The molecule has 0 bridgehead atoms. The van der Waals surface area contributed by atoms with Gasteiger partial charge in [-0.25, -0.2) is 4.98 Å². The first-order chi connectivity index (χ1) is 19.0. The van der Waals surface area contributed by atoms with E-state index in [2.05, 4.69) is 65.8 Å². The van der Waals surface area contributed by atoms with Crippen LogP contribution in [0.5, 0.6) is 0 Å². The molecule has 5 rings (SSSR count). The van der Waals surface area contributed by atoms with Gasteiger partial charge in [0.2, 0.25) is 0 Å². The number of nitrogens with zero attached hydrogens (tertiary/aromatic N) is 2. The number of aromatic nitrogens is 1. The largest absolute Gasteiger partial charge is 0.480 e. The van der Waals surface area contributed by atoms with Crippen LogP contribution in [-0.4, -0.2) is 29.1 Å². The second kappa shape index (κ2) is 13.0. The summed E-state index contributed by atoms with van der Waals surface area (Å²) < 4.78 is 0. The summed E-state index contributed by atoms with van der Waals surface area (Å²) in [4.78, 5) is 18.8. The van der Waals surface area contributed by atoms with Crippen molar-refractivity contribution in [2.75, 3.05) is 11.9 Å². The van der Waals surface area contributed by atoms with Gasteiger partial charge >= 0.3 is 5.97 Å². The Kier molecular flexibility index (Phi) is 9.07. The molecule has 0 radical (unpaired) electrons. The number of aliphatic carboxylic acids is 1. The molecule has 1 aliphatic rings. The SMILES string of the molecule is CN(Cc1ccc(C2CCCCC2)cc1)c1ccc(-c2csc(CNC(Cc3ccccc3)C(=O)O)n2)cc1. The van der Waals surface area contributed by atoms with Crippen LogP contribution in [0.4, 0.5) is 5.69 Å². The van der Waals surface area contributed by atoms with Crippen molar-refractivity contribution in [2.45, 2.75) is 63.6 Å². The molecule has 4 aromatic rings. The monoisotopic (exact) mass is 539 g/mol. The third kappa shape index (κ3) is 7.34. The van der Waals surface area contributed by atoms with E-state index in [9.17, 15) is 9.90 Å². The summed E-state index contributed by atoms with van der Waals surface area (Å²) in [6.07, 6.45) is 7.23. The summed E-state index contributed by atoms with van der Waals surface area (Å²) in [7, 11) is 2.13. The van der Waals surface area contributed by atoms with Crippen LogP contribution in [0, 0.1) is 0 Å². The Labute approximate surface area is 235 Å². The molecule has 1 atom stereocenters. The molecule has 5 nitrogen and oxygen atoms in total. The number of carbonyl (C=O) groups is 1. The van der Waals surface area contributed by atoms with Gasteiger partial charge in [-0.1, -0.05) is 86.0 Å². The minimum Gasteiger partial charge on any atom is -0.480 e. The number of thiazole rings is 1. The highest BCUT2D eigenvalue weighted by molar-refractivity contribution is 7.09. The summed E-state index contributed by atoms with van der Waals surface area (Å²) in [6.45, 7) is 1.29. The Bertz CT molecular complexity index is 1330. The van der Waals surface area contributed by atoms with E-state index in [4.69, 9.17) is 4.98 Å². The smallest absolute Gasteiger partial charge is 0.321 e. The van der Waals surface area contributed by atoms with E-state index >= 15 is 0 Å². The molecule has 1 saturated carbocycles. The van der Waals surface area contributed by atoms with Gasteiger partial charge in [-0.3, -0.25) is 10.1 Å². The van der Waals surface area contributed by atoms with Gasteiger partial charge in [0.25, 0.3) is 0 Å². The molecule has 1 heterocycles. The number of carboxylic acid groups (broad SMARTS) is 1. The number of nitrogens with one attached hydrogen (secondary N) is 1. The van der Waals surface area contributed by atoms with Crippen molar-refractivity contribution in [1.82, 2.24) is 10.3 Å². The third-order valence-corrected chi connectivity index (χ3v) is 8.56. The minimum atomic E-state index is -0.851. The summed E-state index contributed by atoms with van der Waals surface area (Å²) in [6, 6.07) is 26.8. The van der Waals surface area contributed by atoms with Crippen molar-refractivity contribution in [3.63, 3.8) is 0 Å². The number of benzene rings is 3. The molecule has 39 heavy (non-hydrogen) atoms. The molecule has 0 amide bonds. The molecular formula is C33H37N3O2S. The molecule has 1 aliphatic carbocycles. The van der Waals surface area contributed by atoms with Gasteiger partial charge in [-0.15, -0.1) is 11.3 Å². The lowest BCUT2D eigenvalue weighted by molar-refractivity contribution is -0.139. The van der Waals surface area contributed by atoms with Crippen LogP contribution in [0.25, 0.3) is 11.3 Å². The maximum atomic E-state index is 11.8. The zero-order valence-electron chi connectivity index (χ0n) is 22.6. The first-order valence-corrected chi connectivity index (χ1v) is 14.8. The molecule has 2 N–H and O–H groups in total. The van der Waals surface area contributed by atoms with E-state index in [-0.39, 0.29) is 0 Å². The summed E-state index contributed by atoms with van der Waals surface area (Å²) in [5, 5.41) is 15.7. The van der Waals surface area contributed by atoms with Crippen molar-refractivity contribution in [2.24, 2.45) is 0 Å². The van der Waals surface area contributed by atoms with E-state index in [1.54, 1.807) is 11.3 Å². The van der Waals surface area contributed by atoms with E-state index in [0.717, 1.165) is 40.0 Å². The predicted molar refractivity (Wildman–Crippen MR) is 160 cm³/mol. The first-order valence-electron chi connectivity index (χ1n) is 13.9. The molecule has 1 unspecified atom stereocenters. The van der Waals surface area contributed by atoms with Gasteiger partial charge in [0, 0.05) is 36.8 Å². The van der Waals surface area contributed by atoms with Crippen molar-refractivity contribution in [1.29, 1.82) is 0 Å². The molecule has 1 fully saturated rings. The molecule has 6 heteroatoms. The van der Waals surface area contributed by atoms with Gasteiger partial charge in [-0.05, 0) is 54.0 Å². The van der Waals surface area contributed by atoms with Crippen molar-refractivity contribution in [3.05, 3.63) is 106 Å². The Morgan fingerprint density at radius 3 is 2.38 bits per heavy atom. The zero-order chi connectivity index (χ0) is 27.0. The second-order valence-corrected chi connectivity index (χ2v) is 11.5. The van der Waals surface area contributed by atoms with Crippen molar-refractivity contribution >= 4 is 23.0 Å². The highest BCUT2D eigenvalue weighted by Crippen LogP contribution is 2.33. The topological polar surface area (TPSA) is 65.5 Å². The van der Waals surface area contributed by atoms with Gasteiger partial charge in [-0.2, -0.15) is 0 Å². The molecule has 0 aliphatic heterocycles. The normalized spacial score (nSPS) is 14.7. The Balaban J connectivity index is 1.15. The first kappa shape index (κ1) is 27.1. The molecular weight excluding hydrogens is 502 g/mol. The van der Waals surface area contributed by atoms with Crippen LogP contribution in [0.2, 0.25) is 0 Å². The van der Waals surface area contributed by atoms with Gasteiger partial charge in [0.05, 0.1) is 5.69 Å². The maximum Gasteiger partial charge on any atom is 0.321 e. The molecule has 202 valence electrons. The predicted octanol–water partition coefficient (Wildman–Crippen LogP) is 7.28. The Morgan fingerprint density at radius 1 is 0.974 bits per heavy atom. The van der Waals surface area contributed by atoms with E-state index in [0.29, 0.717) is 13.0 Å². The number of rotatable bonds is 11. The van der Waals surface area contributed by atoms with Crippen LogP contribution >= 0.6 is 11.3 Å². The van der Waals surface area contributed by atoms with Gasteiger partial charge < -0.3 is 10.0 Å². The minimum absolute atomic E-state index is 0.425. The van der Waals surface area contributed by atoms with Gasteiger partial charge in [0.15, 0.2) is 0 Å². The third-order valence-electron chi connectivity index (χ3n) is 7.71. The Hall–Kier alpha value is -3.48. The number of hydrogen-bond donors (Lipinski definition) is 2.